The molecule has 0 aliphatic rings. The zero-order valence-corrected chi connectivity index (χ0v) is 11.7. The zero-order chi connectivity index (χ0) is 13.8. The van der Waals surface area contributed by atoms with E-state index in [-0.39, 0.29) is 11.9 Å². The van der Waals surface area contributed by atoms with Gasteiger partial charge in [-0.3, -0.25) is 0 Å². The first-order valence-corrected chi connectivity index (χ1v) is 6.67. The van der Waals surface area contributed by atoms with Gasteiger partial charge in [-0.25, -0.2) is 4.39 Å². The Morgan fingerprint density at radius 3 is 2.47 bits per heavy atom. The molecule has 1 atom stereocenters. The summed E-state index contributed by atoms with van der Waals surface area (Å²) in [6.45, 7) is 6.60. The predicted octanol–water partition coefficient (Wildman–Crippen LogP) is 4.12. The number of aryl methyl sites for hydroxylation is 2. The third-order valence-electron chi connectivity index (χ3n) is 3.22. The topological polar surface area (TPSA) is 25.2 Å². The fourth-order valence-corrected chi connectivity index (χ4v) is 2.27. The summed E-state index contributed by atoms with van der Waals surface area (Å²) < 4.78 is 19.2. The van der Waals surface area contributed by atoms with Crippen molar-refractivity contribution < 1.29 is 8.81 Å². The maximum absolute atomic E-state index is 13.7. The highest BCUT2D eigenvalue weighted by molar-refractivity contribution is 5.35. The lowest BCUT2D eigenvalue weighted by Gasteiger charge is -2.18. The molecule has 102 valence electrons. The van der Waals surface area contributed by atoms with Crippen LogP contribution in [0, 0.1) is 19.7 Å². The van der Waals surface area contributed by atoms with Gasteiger partial charge in [0, 0.05) is 0 Å². The van der Waals surface area contributed by atoms with Crippen LogP contribution in [0.2, 0.25) is 0 Å². The van der Waals surface area contributed by atoms with Gasteiger partial charge in [-0.05, 0) is 55.6 Å². The van der Waals surface area contributed by atoms with Crippen molar-refractivity contribution in [2.75, 3.05) is 6.54 Å². The van der Waals surface area contributed by atoms with E-state index in [1.807, 2.05) is 24.3 Å². The second kappa shape index (κ2) is 6.02. The Hall–Kier alpha value is -1.61. The summed E-state index contributed by atoms with van der Waals surface area (Å²) in [5.41, 5.74) is 2.38. The van der Waals surface area contributed by atoms with Crippen LogP contribution < -0.4 is 5.32 Å². The SMILES string of the molecule is CCCNC(c1cc(C)c(F)c(C)c1)c1ccco1. The lowest BCUT2D eigenvalue weighted by molar-refractivity contribution is 0.446. The van der Waals surface area contributed by atoms with E-state index in [1.165, 1.54) is 0 Å². The van der Waals surface area contributed by atoms with Crippen LogP contribution >= 0.6 is 0 Å². The molecular weight excluding hydrogens is 241 g/mol. The highest BCUT2D eigenvalue weighted by atomic mass is 19.1. The number of benzene rings is 1. The predicted molar refractivity (Wildman–Crippen MR) is 74.7 cm³/mol. The summed E-state index contributed by atoms with van der Waals surface area (Å²) in [6.07, 6.45) is 2.70. The largest absolute Gasteiger partial charge is 0.467 e. The van der Waals surface area contributed by atoms with Crippen LogP contribution in [0.25, 0.3) is 0 Å². The molecule has 0 bridgehead atoms. The molecule has 2 rings (SSSR count). The number of hydrogen-bond donors (Lipinski definition) is 1. The molecule has 1 aromatic carbocycles. The Balaban J connectivity index is 2.38. The second-order valence-electron chi connectivity index (χ2n) is 4.87. The van der Waals surface area contributed by atoms with Crippen LogP contribution in [-0.2, 0) is 0 Å². The molecule has 1 aromatic heterocycles. The van der Waals surface area contributed by atoms with Crippen LogP contribution in [0.4, 0.5) is 4.39 Å². The lowest BCUT2D eigenvalue weighted by atomic mass is 9.99. The summed E-state index contributed by atoms with van der Waals surface area (Å²) in [5.74, 6) is 0.733. The average Bonchev–Trinajstić information content (AvgIpc) is 2.90. The number of halogens is 1. The first kappa shape index (κ1) is 13.8. The first-order valence-electron chi connectivity index (χ1n) is 6.67. The van der Waals surface area contributed by atoms with E-state index in [0.29, 0.717) is 11.1 Å². The van der Waals surface area contributed by atoms with Gasteiger partial charge < -0.3 is 9.73 Å². The molecule has 19 heavy (non-hydrogen) atoms. The summed E-state index contributed by atoms with van der Waals surface area (Å²) in [4.78, 5) is 0. The Morgan fingerprint density at radius 1 is 1.26 bits per heavy atom. The maximum Gasteiger partial charge on any atom is 0.129 e. The normalized spacial score (nSPS) is 12.6. The molecule has 1 unspecified atom stereocenters. The molecule has 0 saturated carbocycles. The first-order chi connectivity index (χ1) is 9.13. The molecule has 0 aliphatic carbocycles. The van der Waals surface area contributed by atoms with E-state index >= 15 is 0 Å². The van der Waals surface area contributed by atoms with Crippen LogP contribution in [0.3, 0.4) is 0 Å². The lowest BCUT2D eigenvalue weighted by Crippen LogP contribution is -2.23. The number of furan rings is 1. The van der Waals surface area contributed by atoms with Crippen molar-refractivity contribution in [3.63, 3.8) is 0 Å². The molecular formula is C16H20FNO. The van der Waals surface area contributed by atoms with Gasteiger partial charge in [0.1, 0.15) is 11.6 Å². The monoisotopic (exact) mass is 261 g/mol. The van der Waals surface area contributed by atoms with E-state index in [4.69, 9.17) is 4.42 Å². The van der Waals surface area contributed by atoms with Gasteiger partial charge in [-0.15, -0.1) is 0 Å². The van der Waals surface area contributed by atoms with Crippen LogP contribution in [0.15, 0.2) is 34.9 Å². The van der Waals surface area contributed by atoms with Crippen molar-refractivity contribution >= 4 is 0 Å². The maximum atomic E-state index is 13.7. The molecule has 0 saturated heterocycles. The van der Waals surface area contributed by atoms with Crippen molar-refractivity contribution in [1.29, 1.82) is 0 Å². The fraction of sp³-hybridized carbons (Fsp3) is 0.375. The van der Waals surface area contributed by atoms with Crippen molar-refractivity contribution in [2.24, 2.45) is 0 Å². The molecule has 0 aliphatic heterocycles. The summed E-state index contributed by atoms with van der Waals surface area (Å²) in [7, 11) is 0. The minimum Gasteiger partial charge on any atom is -0.467 e. The Labute approximate surface area is 113 Å². The number of hydrogen-bond acceptors (Lipinski definition) is 2. The quantitative estimate of drug-likeness (QED) is 0.875. The molecule has 0 amide bonds. The smallest absolute Gasteiger partial charge is 0.129 e. The average molecular weight is 261 g/mol. The Kier molecular flexibility index (Phi) is 4.38. The van der Waals surface area contributed by atoms with Gasteiger partial charge in [0.15, 0.2) is 0 Å². The standard InChI is InChI=1S/C16H20FNO/c1-4-7-18-16(14-6-5-8-19-14)13-9-11(2)15(17)12(3)10-13/h5-6,8-10,16,18H,4,7H2,1-3H3. The fourth-order valence-electron chi connectivity index (χ4n) is 2.27. The Morgan fingerprint density at radius 2 is 1.95 bits per heavy atom. The van der Waals surface area contributed by atoms with E-state index < -0.39 is 0 Å². The summed E-state index contributed by atoms with van der Waals surface area (Å²) >= 11 is 0. The van der Waals surface area contributed by atoms with E-state index in [9.17, 15) is 4.39 Å². The highest BCUT2D eigenvalue weighted by Crippen LogP contribution is 2.26. The molecule has 0 spiro atoms. The van der Waals surface area contributed by atoms with Crippen LogP contribution in [0.5, 0.6) is 0 Å². The van der Waals surface area contributed by atoms with Gasteiger partial charge in [0.05, 0.1) is 12.3 Å². The van der Waals surface area contributed by atoms with Crippen molar-refractivity contribution in [3.8, 4) is 0 Å². The van der Waals surface area contributed by atoms with E-state index in [0.717, 1.165) is 24.3 Å². The third kappa shape index (κ3) is 3.04. The molecule has 2 aromatic rings. The summed E-state index contributed by atoms with van der Waals surface area (Å²) in [5, 5.41) is 3.45. The van der Waals surface area contributed by atoms with Crippen molar-refractivity contribution in [2.45, 2.75) is 33.2 Å². The number of nitrogens with one attached hydrogen (secondary N) is 1. The van der Waals surface area contributed by atoms with E-state index in [1.54, 1.807) is 20.1 Å². The second-order valence-corrected chi connectivity index (χ2v) is 4.87. The number of rotatable bonds is 5. The molecule has 0 fully saturated rings. The van der Waals surface area contributed by atoms with Gasteiger partial charge in [0.2, 0.25) is 0 Å². The highest BCUT2D eigenvalue weighted by Gasteiger charge is 2.18. The van der Waals surface area contributed by atoms with Gasteiger partial charge in [0.25, 0.3) is 0 Å². The van der Waals surface area contributed by atoms with Gasteiger partial charge >= 0.3 is 0 Å². The zero-order valence-electron chi connectivity index (χ0n) is 11.7. The minimum absolute atomic E-state index is 0.0204. The molecule has 3 heteroatoms. The third-order valence-corrected chi connectivity index (χ3v) is 3.22. The van der Waals surface area contributed by atoms with Gasteiger partial charge in [-0.1, -0.05) is 19.1 Å². The summed E-state index contributed by atoms with van der Waals surface area (Å²) in [6, 6.07) is 7.57. The van der Waals surface area contributed by atoms with E-state index in [2.05, 4.69) is 12.2 Å². The van der Waals surface area contributed by atoms with Crippen LogP contribution in [-0.4, -0.2) is 6.54 Å². The van der Waals surface area contributed by atoms with Crippen LogP contribution in [0.1, 0.15) is 41.8 Å². The van der Waals surface area contributed by atoms with Crippen molar-refractivity contribution in [3.05, 3.63) is 58.8 Å². The molecule has 1 N–H and O–H groups in total. The van der Waals surface area contributed by atoms with Crippen molar-refractivity contribution in [1.82, 2.24) is 5.32 Å². The molecule has 2 nitrogen and oxygen atoms in total. The minimum atomic E-state index is -0.127. The van der Waals surface area contributed by atoms with Gasteiger partial charge in [-0.2, -0.15) is 0 Å². The Bertz CT molecular complexity index is 511. The molecule has 0 radical (unpaired) electrons. The molecule has 1 heterocycles.